The molecule has 116 valence electrons. The van der Waals surface area contributed by atoms with Gasteiger partial charge in [0.1, 0.15) is 5.75 Å². The third kappa shape index (κ3) is 3.70. The SMILES string of the molecule is CCCC1CCC(C(=O)O)C(c2ccc(Cl)c(OC)c2)C1. The smallest absolute Gasteiger partial charge is 0.307 e. The topological polar surface area (TPSA) is 46.5 Å². The Hall–Kier alpha value is -1.22. The van der Waals surface area contributed by atoms with E-state index >= 15 is 0 Å². The van der Waals surface area contributed by atoms with E-state index in [2.05, 4.69) is 6.92 Å². The van der Waals surface area contributed by atoms with Crippen molar-refractivity contribution < 1.29 is 14.6 Å². The zero-order chi connectivity index (χ0) is 15.4. The van der Waals surface area contributed by atoms with Crippen LogP contribution in [0, 0.1) is 11.8 Å². The van der Waals surface area contributed by atoms with Crippen molar-refractivity contribution in [2.45, 2.75) is 44.9 Å². The van der Waals surface area contributed by atoms with Crippen molar-refractivity contribution in [2.24, 2.45) is 11.8 Å². The van der Waals surface area contributed by atoms with Gasteiger partial charge in [0, 0.05) is 0 Å². The summed E-state index contributed by atoms with van der Waals surface area (Å²) in [5.41, 5.74) is 1.03. The molecule has 1 aromatic carbocycles. The summed E-state index contributed by atoms with van der Waals surface area (Å²) >= 11 is 6.07. The number of carboxylic acids is 1. The summed E-state index contributed by atoms with van der Waals surface area (Å²) < 4.78 is 5.27. The Morgan fingerprint density at radius 1 is 1.43 bits per heavy atom. The van der Waals surface area contributed by atoms with Gasteiger partial charge in [-0.25, -0.2) is 0 Å². The number of aliphatic carboxylic acids is 1. The summed E-state index contributed by atoms with van der Waals surface area (Å²) in [6, 6.07) is 5.65. The van der Waals surface area contributed by atoms with Crippen molar-refractivity contribution in [1.82, 2.24) is 0 Å². The first-order chi connectivity index (χ1) is 10.1. The van der Waals surface area contributed by atoms with E-state index in [-0.39, 0.29) is 11.8 Å². The molecule has 0 saturated heterocycles. The quantitative estimate of drug-likeness (QED) is 0.855. The molecule has 1 aromatic rings. The fraction of sp³-hybridized carbons (Fsp3) is 0.588. The highest BCUT2D eigenvalue weighted by atomic mass is 35.5. The Kier molecular flexibility index (Phi) is 5.51. The summed E-state index contributed by atoms with van der Waals surface area (Å²) in [5, 5.41) is 10.1. The number of ether oxygens (including phenoxy) is 1. The zero-order valence-electron chi connectivity index (χ0n) is 12.6. The number of hydrogen-bond acceptors (Lipinski definition) is 2. The fourth-order valence-electron chi connectivity index (χ4n) is 3.50. The molecule has 1 N–H and O–H groups in total. The second kappa shape index (κ2) is 7.17. The van der Waals surface area contributed by atoms with E-state index in [0.717, 1.165) is 31.2 Å². The maximum atomic E-state index is 11.6. The molecule has 3 unspecified atom stereocenters. The lowest BCUT2D eigenvalue weighted by Gasteiger charge is -2.34. The summed E-state index contributed by atoms with van der Waals surface area (Å²) in [5.74, 6) is 0.306. The van der Waals surface area contributed by atoms with Crippen LogP contribution in [0.5, 0.6) is 5.75 Å². The van der Waals surface area contributed by atoms with Crippen LogP contribution in [0.3, 0.4) is 0 Å². The molecule has 2 rings (SSSR count). The van der Waals surface area contributed by atoms with Crippen molar-refractivity contribution in [3.8, 4) is 5.75 Å². The van der Waals surface area contributed by atoms with Gasteiger partial charge in [0.05, 0.1) is 18.1 Å². The van der Waals surface area contributed by atoms with E-state index in [9.17, 15) is 9.90 Å². The van der Waals surface area contributed by atoms with E-state index < -0.39 is 5.97 Å². The maximum Gasteiger partial charge on any atom is 0.307 e. The summed E-state index contributed by atoms with van der Waals surface area (Å²) in [6.45, 7) is 2.18. The molecule has 0 bridgehead atoms. The molecule has 0 radical (unpaired) electrons. The first-order valence-corrected chi connectivity index (χ1v) is 8.00. The summed E-state index contributed by atoms with van der Waals surface area (Å²) in [7, 11) is 1.58. The Labute approximate surface area is 131 Å². The van der Waals surface area contributed by atoms with Gasteiger partial charge in [-0.1, -0.05) is 37.4 Å². The molecule has 3 atom stereocenters. The summed E-state index contributed by atoms with van der Waals surface area (Å²) in [4.78, 5) is 11.6. The number of methoxy groups -OCH3 is 1. The normalized spacial score (nSPS) is 25.6. The first-order valence-electron chi connectivity index (χ1n) is 7.63. The molecule has 0 spiro atoms. The van der Waals surface area contributed by atoms with Gasteiger partial charge >= 0.3 is 5.97 Å². The maximum absolute atomic E-state index is 11.6. The molecule has 21 heavy (non-hydrogen) atoms. The molecular weight excluding hydrogens is 288 g/mol. The van der Waals surface area contributed by atoms with Crippen LogP contribution in [0.2, 0.25) is 5.02 Å². The molecule has 1 aliphatic carbocycles. The van der Waals surface area contributed by atoms with Crippen molar-refractivity contribution in [2.75, 3.05) is 7.11 Å². The number of benzene rings is 1. The van der Waals surface area contributed by atoms with Crippen LogP contribution < -0.4 is 4.74 Å². The van der Waals surface area contributed by atoms with Crippen LogP contribution in [0.4, 0.5) is 0 Å². The van der Waals surface area contributed by atoms with Crippen molar-refractivity contribution >= 4 is 17.6 Å². The highest BCUT2D eigenvalue weighted by Crippen LogP contribution is 2.43. The largest absolute Gasteiger partial charge is 0.495 e. The van der Waals surface area contributed by atoms with Crippen LogP contribution in [0.25, 0.3) is 0 Å². The minimum Gasteiger partial charge on any atom is -0.495 e. The van der Waals surface area contributed by atoms with Gasteiger partial charge in [-0.15, -0.1) is 0 Å². The van der Waals surface area contributed by atoms with E-state index in [4.69, 9.17) is 16.3 Å². The minimum atomic E-state index is -0.691. The van der Waals surface area contributed by atoms with Crippen molar-refractivity contribution in [3.05, 3.63) is 28.8 Å². The van der Waals surface area contributed by atoms with Gasteiger partial charge in [0.15, 0.2) is 0 Å². The lowest BCUT2D eigenvalue weighted by molar-refractivity contribution is -0.143. The molecule has 3 nitrogen and oxygen atoms in total. The molecule has 0 amide bonds. The van der Waals surface area contributed by atoms with Crippen LogP contribution in [-0.4, -0.2) is 18.2 Å². The number of halogens is 1. The molecule has 1 aliphatic rings. The first kappa shape index (κ1) is 16.2. The number of hydrogen-bond donors (Lipinski definition) is 1. The Bertz CT molecular complexity index is 501. The molecule has 1 saturated carbocycles. The van der Waals surface area contributed by atoms with Crippen LogP contribution in [0.15, 0.2) is 18.2 Å². The monoisotopic (exact) mass is 310 g/mol. The summed E-state index contributed by atoms with van der Waals surface area (Å²) in [6.07, 6.45) is 5.05. The van der Waals surface area contributed by atoms with Gasteiger partial charge in [-0.3, -0.25) is 4.79 Å². The molecule has 4 heteroatoms. The highest BCUT2D eigenvalue weighted by molar-refractivity contribution is 6.32. The molecule has 0 heterocycles. The molecule has 1 fully saturated rings. The van der Waals surface area contributed by atoms with Crippen LogP contribution >= 0.6 is 11.6 Å². The standard InChI is InChI=1S/C17H23ClO3/c1-3-4-11-5-7-13(17(19)20)14(9-11)12-6-8-15(18)16(10-12)21-2/h6,8,10-11,13-14H,3-5,7,9H2,1-2H3,(H,19,20). The van der Waals surface area contributed by atoms with E-state index in [0.29, 0.717) is 16.7 Å². The van der Waals surface area contributed by atoms with Gasteiger partial charge in [-0.05, 0) is 48.8 Å². The Balaban J connectivity index is 2.28. The lowest BCUT2D eigenvalue weighted by Crippen LogP contribution is -2.29. The highest BCUT2D eigenvalue weighted by Gasteiger charge is 2.35. The van der Waals surface area contributed by atoms with E-state index in [1.165, 1.54) is 6.42 Å². The average Bonchev–Trinajstić information content (AvgIpc) is 2.48. The number of rotatable bonds is 5. The molecule has 0 aromatic heterocycles. The van der Waals surface area contributed by atoms with Gasteiger partial charge < -0.3 is 9.84 Å². The average molecular weight is 311 g/mol. The second-order valence-corrected chi connectivity index (χ2v) is 6.32. The molecular formula is C17H23ClO3. The number of carboxylic acid groups (broad SMARTS) is 1. The predicted molar refractivity (Wildman–Crippen MR) is 84.1 cm³/mol. The predicted octanol–water partition coefficient (Wildman–Crippen LogP) is 4.73. The Morgan fingerprint density at radius 2 is 2.19 bits per heavy atom. The van der Waals surface area contributed by atoms with Gasteiger partial charge in [0.25, 0.3) is 0 Å². The second-order valence-electron chi connectivity index (χ2n) is 5.91. The van der Waals surface area contributed by atoms with Gasteiger partial charge in [-0.2, -0.15) is 0 Å². The number of carbonyl (C=O) groups is 1. The molecule has 0 aliphatic heterocycles. The third-order valence-corrected chi connectivity index (χ3v) is 4.89. The third-order valence-electron chi connectivity index (χ3n) is 4.58. The van der Waals surface area contributed by atoms with Crippen molar-refractivity contribution in [3.63, 3.8) is 0 Å². The van der Waals surface area contributed by atoms with Crippen LogP contribution in [0.1, 0.15) is 50.5 Å². The minimum absolute atomic E-state index is 0.0546. The van der Waals surface area contributed by atoms with Gasteiger partial charge in [0.2, 0.25) is 0 Å². The van der Waals surface area contributed by atoms with E-state index in [1.807, 2.05) is 12.1 Å². The lowest BCUT2D eigenvalue weighted by atomic mass is 9.70. The van der Waals surface area contributed by atoms with Crippen LogP contribution in [-0.2, 0) is 4.79 Å². The zero-order valence-corrected chi connectivity index (χ0v) is 13.4. The Morgan fingerprint density at radius 3 is 2.81 bits per heavy atom. The fourth-order valence-corrected chi connectivity index (χ4v) is 3.69. The van der Waals surface area contributed by atoms with E-state index in [1.54, 1.807) is 13.2 Å². The van der Waals surface area contributed by atoms with Crippen molar-refractivity contribution in [1.29, 1.82) is 0 Å².